The lowest BCUT2D eigenvalue weighted by Crippen LogP contribution is -2.43. The van der Waals surface area contributed by atoms with Crippen molar-refractivity contribution < 1.29 is 17.9 Å². The Balaban J connectivity index is 1.52. The van der Waals surface area contributed by atoms with Crippen LogP contribution in [0, 0.1) is 12.8 Å². The molecule has 1 amide bonds. The van der Waals surface area contributed by atoms with Gasteiger partial charge in [-0.15, -0.1) is 11.3 Å². The van der Waals surface area contributed by atoms with Crippen molar-refractivity contribution in [3.63, 3.8) is 0 Å². The highest BCUT2D eigenvalue weighted by Crippen LogP contribution is 2.33. The van der Waals surface area contributed by atoms with E-state index in [-0.39, 0.29) is 17.3 Å². The van der Waals surface area contributed by atoms with Gasteiger partial charge in [0, 0.05) is 31.1 Å². The van der Waals surface area contributed by atoms with Crippen LogP contribution in [0.2, 0.25) is 0 Å². The minimum Gasteiger partial charge on any atom is -0.495 e. The van der Waals surface area contributed by atoms with Gasteiger partial charge in [-0.2, -0.15) is 4.31 Å². The number of benzene rings is 2. The molecule has 8 nitrogen and oxygen atoms in total. The molecule has 1 aliphatic heterocycles. The number of piperidine rings is 1. The highest BCUT2D eigenvalue weighted by Gasteiger charge is 2.33. The summed E-state index contributed by atoms with van der Waals surface area (Å²) in [5.74, 6) is -0.160. The molecule has 3 aromatic rings. The number of methoxy groups -OCH3 is 1. The van der Waals surface area contributed by atoms with Crippen LogP contribution in [0.1, 0.15) is 18.4 Å². The standard InChI is InChI=1S/C24H28N4O4S2/c1-16-6-9-19(10-7-16)34(30,31)28-12-4-5-18(14-28)23(29)26-20-13-17(8-11-22(20)32-3)21-15-33-24(25-2)27-21/h6-11,13,15,18H,4-5,12,14H2,1-3H3,(H,25,27)(H,26,29). The Bertz CT molecular complexity index is 1270. The zero-order valence-electron chi connectivity index (χ0n) is 19.4. The molecule has 10 heteroatoms. The maximum atomic E-state index is 13.2. The minimum atomic E-state index is -3.66. The number of hydrogen-bond acceptors (Lipinski definition) is 7. The average Bonchev–Trinajstić information content (AvgIpc) is 3.34. The summed E-state index contributed by atoms with van der Waals surface area (Å²) < 4.78 is 33.1. The van der Waals surface area contributed by atoms with Crippen LogP contribution in [-0.4, -0.2) is 50.9 Å². The van der Waals surface area contributed by atoms with Gasteiger partial charge in [0.15, 0.2) is 5.13 Å². The van der Waals surface area contributed by atoms with Gasteiger partial charge in [-0.1, -0.05) is 17.7 Å². The number of aryl methyl sites for hydroxylation is 1. The molecule has 0 spiro atoms. The van der Waals surface area contributed by atoms with Crippen molar-refractivity contribution in [2.75, 3.05) is 37.9 Å². The van der Waals surface area contributed by atoms with E-state index >= 15 is 0 Å². The van der Waals surface area contributed by atoms with Crippen molar-refractivity contribution in [1.29, 1.82) is 0 Å². The van der Waals surface area contributed by atoms with Gasteiger partial charge >= 0.3 is 0 Å². The lowest BCUT2D eigenvalue weighted by Gasteiger charge is -2.31. The molecular formula is C24H28N4O4S2. The fourth-order valence-electron chi connectivity index (χ4n) is 3.95. The molecule has 1 saturated heterocycles. The van der Waals surface area contributed by atoms with Gasteiger partial charge in [0.1, 0.15) is 5.75 Å². The lowest BCUT2D eigenvalue weighted by molar-refractivity contribution is -0.120. The number of amides is 1. The number of nitrogens with one attached hydrogen (secondary N) is 2. The largest absolute Gasteiger partial charge is 0.495 e. The van der Waals surface area contributed by atoms with Crippen molar-refractivity contribution in [1.82, 2.24) is 9.29 Å². The summed E-state index contributed by atoms with van der Waals surface area (Å²) in [6.07, 6.45) is 1.23. The number of carbonyl (C=O) groups is 1. The van der Waals surface area contributed by atoms with Crippen LogP contribution >= 0.6 is 11.3 Å². The third-order valence-corrected chi connectivity index (χ3v) is 8.62. The van der Waals surface area contributed by atoms with Gasteiger partial charge in [0.2, 0.25) is 15.9 Å². The Labute approximate surface area is 204 Å². The van der Waals surface area contributed by atoms with Crippen molar-refractivity contribution in [3.05, 3.63) is 53.4 Å². The van der Waals surface area contributed by atoms with Crippen LogP contribution in [0.4, 0.5) is 10.8 Å². The highest BCUT2D eigenvalue weighted by molar-refractivity contribution is 7.89. The normalized spacial score (nSPS) is 16.7. The first-order valence-corrected chi connectivity index (χ1v) is 13.3. The number of sulfonamides is 1. The number of carbonyl (C=O) groups excluding carboxylic acids is 1. The molecule has 1 fully saturated rings. The topological polar surface area (TPSA) is 101 Å². The van der Waals surface area contributed by atoms with Crippen molar-refractivity contribution >= 4 is 38.1 Å². The molecular weight excluding hydrogens is 472 g/mol. The van der Waals surface area contributed by atoms with E-state index in [1.807, 2.05) is 31.5 Å². The van der Waals surface area contributed by atoms with Crippen LogP contribution in [0.3, 0.4) is 0 Å². The summed E-state index contributed by atoms with van der Waals surface area (Å²) >= 11 is 1.49. The molecule has 180 valence electrons. The fraction of sp³-hybridized carbons (Fsp3) is 0.333. The lowest BCUT2D eigenvalue weighted by atomic mass is 9.98. The van der Waals surface area contributed by atoms with Gasteiger partial charge in [-0.3, -0.25) is 4.79 Å². The predicted octanol–water partition coefficient (Wildman–Crippen LogP) is 4.21. The number of rotatable bonds is 7. The second-order valence-corrected chi connectivity index (χ2v) is 11.0. The van der Waals surface area contributed by atoms with Gasteiger partial charge < -0.3 is 15.4 Å². The van der Waals surface area contributed by atoms with E-state index < -0.39 is 15.9 Å². The van der Waals surface area contributed by atoms with E-state index in [4.69, 9.17) is 4.74 Å². The third kappa shape index (κ3) is 5.08. The van der Waals surface area contributed by atoms with E-state index in [0.29, 0.717) is 30.8 Å². The van der Waals surface area contributed by atoms with Crippen LogP contribution in [0.15, 0.2) is 52.7 Å². The highest BCUT2D eigenvalue weighted by atomic mass is 32.2. The molecule has 1 aromatic heterocycles. The van der Waals surface area contributed by atoms with Crippen LogP contribution in [0.25, 0.3) is 11.3 Å². The first kappa shape index (κ1) is 24.2. The first-order chi connectivity index (χ1) is 16.3. The molecule has 1 atom stereocenters. The summed E-state index contributed by atoms with van der Waals surface area (Å²) in [5, 5.41) is 8.71. The monoisotopic (exact) mass is 500 g/mol. The number of aromatic nitrogens is 1. The first-order valence-electron chi connectivity index (χ1n) is 11.0. The Morgan fingerprint density at radius 1 is 1.21 bits per heavy atom. The fourth-order valence-corrected chi connectivity index (χ4v) is 6.16. The molecule has 2 N–H and O–H groups in total. The molecule has 4 rings (SSSR count). The number of anilines is 2. The molecule has 2 heterocycles. The quantitative estimate of drug-likeness (QED) is 0.504. The Morgan fingerprint density at radius 3 is 2.65 bits per heavy atom. The molecule has 0 saturated carbocycles. The molecule has 2 aromatic carbocycles. The Morgan fingerprint density at radius 2 is 1.97 bits per heavy atom. The van der Waals surface area contributed by atoms with E-state index in [9.17, 15) is 13.2 Å². The van der Waals surface area contributed by atoms with Crippen molar-refractivity contribution in [3.8, 4) is 17.0 Å². The molecule has 1 aliphatic rings. The van der Waals surface area contributed by atoms with E-state index in [0.717, 1.165) is 22.0 Å². The maximum absolute atomic E-state index is 13.2. The Kier molecular flexibility index (Phi) is 7.20. The van der Waals surface area contributed by atoms with Crippen molar-refractivity contribution in [2.45, 2.75) is 24.7 Å². The second-order valence-electron chi connectivity index (χ2n) is 8.21. The van der Waals surface area contributed by atoms with E-state index in [1.165, 1.54) is 15.6 Å². The summed E-state index contributed by atoms with van der Waals surface area (Å²) in [7, 11) is -0.299. The SMILES string of the molecule is CNc1nc(-c2ccc(OC)c(NC(=O)C3CCCN(S(=O)(=O)c4ccc(C)cc4)C3)c2)cs1. The van der Waals surface area contributed by atoms with Crippen molar-refractivity contribution in [2.24, 2.45) is 5.92 Å². The number of ether oxygens (including phenoxy) is 1. The number of nitrogens with zero attached hydrogens (tertiary/aromatic N) is 2. The Hall–Kier alpha value is -2.95. The maximum Gasteiger partial charge on any atom is 0.243 e. The number of hydrogen-bond donors (Lipinski definition) is 2. The van der Waals surface area contributed by atoms with E-state index in [1.54, 1.807) is 37.4 Å². The van der Waals surface area contributed by atoms with Crippen LogP contribution in [-0.2, 0) is 14.8 Å². The molecule has 1 unspecified atom stereocenters. The zero-order valence-corrected chi connectivity index (χ0v) is 21.0. The van der Waals surface area contributed by atoms with E-state index in [2.05, 4.69) is 15.6 Å². The summed E-state index contributed by atoms with van der Waals surface area (Å²) in [6, 6.07) is 12.3. The molecule has 0 aliphatic carbocycles. The molecule has 34 heavy (non-hydrogen) atoms. The van der Waals surface area contributed by atoms with Gasteiger partial charge in [-0.05, 0) is 50.1 Å². The predicted molar refractivity (Wildman–Crippen MR) is 135 cm³/mol. The van der Waals surface area contributed by atoms with Gasteiger partial charge in [0.05, 0.1) is 29.3 Å². The third-order valence-electron chi connectivity index (χ3n) is 5.88. The van der Waals surface area contributed by atoms with Gasteiger partial charge in [-0.25, -0.2) is 13.4 Å². The summed E-state index contributed by atoms with van der Waals surface area (Å²) in [5.41, 5.74) is 3.16. The second kappa shape index (κ2) is 10.1. The van der Waals surface area contributed by atoms with Gasteiger partial charge in [0.25, 0.3) is 0 Å². The molecule has 0 radical (unpaired) electrons. The molecule has 0 bridgehead atoms. The summed E-state index contributed by atoms with van der Waals surface area (Å²) in [6.45, 7) is 2.45. The minimum absolute atomic E-state index is 0.141. The average molecular weight is 501 g/mol. The number of thiazole rings is 1. The van der Waals surface area contributed by atoms with Crippen LogP contribution < -0.4 is 15.4 Å². The smallest absolute Gasteiger partial charge is 0.243 e. The van der Waals surface area contributed by atoms with Crippen LogP contribution in [0.5, 0.6) is 5.75 Å². The summed E-state index contributed by atoms with van der Waals surface area (Å²) in [4.78, 5) is 17.9. The zero-order chi connectivity index (χ0) is 24.3.